The van der Waals surface area contributed by atoms with E-state index in [-0.39, 0.29) is 15.1 Å². The maximum Gasteiger partial charge on any atom is 0.259 e. The Morgan fingerprint density at radius 3 is 2.14 bits per heavy atom. The highest BCUT2D eigenvalue weighted by Crippen LogP contribution is 2.35. The van der Waals surface area contributed by atoms with Crippen LogP contribution in [0, 0.1) is 11.6 Å². The molecule has 1 aromatic heterocycles. The van der Waals surface area contributed by atoms with Crippen LogP contribution in [0.5, 0.6) is 0 Å². The number of H-pyrrole nitrogens is 1. The molecule has 1 aliphatic rings. The lowest BCUT2D eigenvalue weighted by atomic mass is 9.90. The van der Waals surface area contributed by atoms with Crippen LogP contribution in [-0.2, 0) is 16.4 Å². The number of aromatic amines is 1. The largest absolute Gasteiger partial charge is 0.344 e. The smallest absolute Gasteiger partial charge is 0.259 e. The summed E-state index contributed by atoms with van der Waals surface area (Å²) in [6.45, 7) is 0.326. The summed E-state index contributed by atoms with van der Waals surface area (Å²) in [5.74, 6) is -1.53. The Balaban J connectivity index is 1.91. The molecular formula is C19H15Cl2F2N3O2S. The average molecular weight is 458 g/mol. The van der Waals surface area contributed by atoms with E-state index in [1.165, 1.54) is 36.4 Å². The van der Waals surface area contributed by atoms with Crippen LogP contribution < -0.4 is 4.72 Å². The summed E-state index contributed by atoms with van der Waals surface area (Å²) in [4.78, 5) is 7.43. The normalized spacial score (nSPS) is 15.9. The van der Waals surface area contributed by atoms with E-state index < -0.39 is 27.6 Å². The van der Waals surface area contributed by atoms with Crippen LogP contribution in [-0.4, -0.2) is 24.9 Å². The Morgan fingerprint density at radius 2 is 1.59 bits per heavy atom. The number of aromatic nitrogens is 2. The van der Waals surface area contributed by atoms with E-state index >= 15 is 0 Å². The maximum atomic E-state index is 13.7. The third kappa shape index (κ3) is 3.90. The van der Waals surface area contributed by atoms with Crippen LogP contribution in [0.4, 0.5) is 8.78 Å². The van der Waals surface area contributed by atoms with E-state index in [0.717, 1.165) is 0 Å². The molecule has 5 nitrogen and oxygen atoms in total. The lowest BCUT2D eigenvalue weighted by molar-refractivity contribution is 0.580. The number of hydrogen-bond acceptors (Lipinski definition) is 3. The quantitative estimate of drug-likeness (QED) is 0.611. The fourth-order valence-corrected chi connectivity index (χ4v) is 5.00. The van der Waals surface area contributed by atoms with Crippen molar-refractivity contribution in [1.82, 2.24) is 14.7 Å². The molecular weight excluding hydrogens is 443 g/mol. The summed E-state index contributed by atoms with van der Waals surface area (Å²) in [5.41, 5.74) is 1.58. The first-order valence-electron chi connectivity index (χ1n) is 8.74. The number of hydrogen-bond donors (Lipinski definition) is 2. The van der Waals surface area contributed by atoms with E-state index in [0.29, 0.717) is 42.0 Å². The topological polar surface area (TPSA) is 74.8 Å². The number of benzene rings is 2. The maximum absolute atomic E-state index is 13.7. The van der Waals surface area contributed by atoms with E-state index in [2.05, 4.69) is 14.7 Å². The van der Waals surface area contributed by atoms with E-state index in [9.17, 15) is 17.2 Å². The zero-order valence-corrected chi connectivity index (χ0v) is 17.2. The van der Waals surface area contributed by atoms with Crippen molar-refractivity contribution in [1.29, 1.82) is 0 Å². The molecule has 0 fully saturated rings. The summed E-state index contributed by atoms with van der Waals surface area (Å²) in [6, 6.07) is 8.32. The molecule has 1 aliphatic heterocycles. The molecule has 0 saturated carbocycles. The summed E-state index contributed by atoms with van der Waals surface area (Å²) in [5, 5.41) is -0.261. The van der Waals surface area contributed by atoms with Crippen molar-refractivity contribution < 1.29 is 17.2 Å². The highest BCUT2D eigenvalue weighted by molar-refractivity contribution is 7.89. The van der Waals surface area contributed by atoms with Crippen molar-refractivity contribution in [2.24, 2.45) is 0 Å². The van der Waals surface area contributed by atoms with E-state index in [1.54, 1.807) is 0 Å². The summed E-state index contributed by atoms with van der Waals surface area (Å²) in [7, 11) is -3.75. The molecule has 0 unspecified atom stereocenters. The van der Waals surface area contributed by atoms with Gasteiger partial charge in [-0.2, -0.15) is 0 Å². The van der Waals surface area contributed by atoms with Crippen LogP contribution in [0.1, 0.15) is 35.0 Å². The lowest BCUT2D eigenvalue weighted by Gasteiger charge is -2.17. The molecule has 3 aromatic rings. The second kappa shape index (κ2) is 7.68. The summed E-state index contributed by atoms with van der Waals surface area (Å²) < 4.78 is 54.8. The number of fused-ring (bicyclic) bond motifs is 1. The SMILES string of the molecule is O=S1(=O)NCCCc2[nH]c(C(c3ccc(F)c(Cl)c3)c3ccc(F)c(Cl)c3)nc21. The van der Waals surface area contributed by atoms with Gasteiger partial charge in [-0.05, 0) is 48.2 Å². The van der Waals surface area contributed by atoms with Crippen LogP contribution in [0.25, 0.3) is 0 Å². The highest BCUT2D eigenvalue weighted by Gasteiger charge is 2.30. The monoisotopic (exact) mass is 457 g/mol. The summed E-state index contributed by atoms with van der Waals surface area (Å²) >= 11 is 11.9. The average Bonchev–Trinajstić information content (AvgIpc) is 3.04. The van der Waals surface area contributed by atoms with Crippen molar-refractivity contribution >= 4 is 33.2 Å². The molecule has 0 saturated heterocycles. The Hall–Kier alpha value is -2.00. The number of sulfonamides is 1. The molecule has 10 heteroatoms. The first-order chi connectivity index (χ1) is 13.8. The van der Waals surface area contributed by atoms with Gasteiger partial charge in [0, 0.05) is 6.54 Å². The van der Waals surface area contributed by atoms with Crippen LogP contribution in [0.15, 0.2) is 41.4 Å². The van der Waals surface area contributed by atoms with Gasteiger partial charge >= 0.3 is 0 Å². The second-order valence-electron chi connectivity index (χ2n) is 6.69. The molecule has 0 spiro atoms. The minimum absolute atomic E-state index is 0.0728. The van der Waals surface area contributed by atoms with Crippen molar-refractivity contribution in [3.63, 3.8) is 0 Å². The van der Waals surface area contributed by atoms with Crippen molar-refractivity contribution in [3.8, 4) is 0 Å². The Morgan fingerprint density at radius 1 is 1.00 bits per heavy atom. The Labute approximate surface area is 176 Å². The molecule has 2 heterocycles. The number of imidazole rings is 1. The molecule has 0 aliphatic carbocycles. The van der Waals surface area contributed by atoms with Gasteiger partial charge in [0.2, 0.25) is 0 Å². The zero-order chi connectivity index (χ0) is 20.8. The minimum Gasteiger partial charge on any atom is -0.344 e. The van der Waals surface area contributed by atoms with Crippen molar-refractivity contribution in [2.45, 2.75) is 23.8 Å². The molecule has 4 rings (SSSR count). The fourth-order valence-electron chi connectivity index (χ4n) is 3.37. The highest BCUT2D eigenvalue weighted by atomic mass is 35.5. The number of rotatable bonds is 3. The molecule has 152 valence electrons. The molecule has 0 amide bonds. The second-order valence-corrected chi connectivity index (χ2v) is 9.18. The zero-order valence-electron chi connectivity index (χ0n) is 14.8. The van der Waals surface area contributed by atoms with Gasteiger partial charge in [0.15, 0.2) is 5.03 Å². The van der Waals surface area contributed by atoms with Crippen LogP contribution in [0.3, 0.4) is 0 Å². The Bertz CT molecular complexity index is 1150. The third-order valence-electron chi connectivity index (χ3n) is 4.74. The number of aryl methyl sites for hydroxylation is 1. The van der Waals surface area contributed by atoms with Gasteiger partial charge in [0.05, 0.1) is 21.7 Å². The van der Waals surface area contributed by atoms with Crippen molar-refractivity contribution in [2.75, 3.05) is 6.54 Å². The van der Waals surface area contributed by atoms with E-state index in [1.807, 2.05) is 0 Å². The predicted molar refractivity (Wildman–Crippen MR) is 106 cm³/mol. The summed E-state index contributed by atoms with van der Waals surface area (Å²) in [6.07, 6.45) is 1.11. The van der Waals surface area contributed by atoms with Gasteiger partial charge in [-0.3, -0.25) is 0 Å². The van der Waals surface area contributed by atoms with Gasteiger partial charge in [-0.1, -0.05) is 35.3 Å². The molecule has 2 aromatic carbocycles. The van der Waals surface area contributed by atoms with Gasteiger partial charge in [-0.25, -0.2) is 26.9 Å². The minimum atomic E-state index is -3.75. The Kier molecular flexibility index (Phi) is 5.37. The molecule has 0 bridgehead atoms. The lowest BCUT2D eigenvalue weighted by Crippen LogP contribution is -2.23. The number of halogens is 4. The third-order valence-corrected chi connectivity index (χ3v) is 6.75. The van der Waals surface area contributed by atoms with Crippen LogP contribution in [0.2, 0.25) is 10.0 Å². The molecule has 0 radical (unpaired) electrons. The predicted octanol–water partition coefficient (Wildman–Crippen LogP) is 4.40. The first-order valence-corrected chi connectivity index (χ1v) is 11.0. The number of nitrogens with one attached hydrogen (secondary N) is 2. The van der Waals surface area contributed by atoms with E-state index in [4.69, 9.17) is 23.2 Å². The van der Waals surface area contributed by atoms with Gasteiger partial charge in [-0.15, -0.1) is 0 Å². The van der Waals surface area contributed by atoms with Gasteiger partial charge < -0.3 is 4.98 Å². The standard InChI is InChI=1S/C19H15Cl2F2N3O2S/c20-12-8-10(3-5-14(12)22)17(11-4-6-15(23)13(21)9-11)18-25-16-2-1-7-24-29(27,28)19(16)26-18/h3-6,8-9,17,24H,1-2,7H2,(H,25,26). The van der Waals surface area contributed by atoms with Gasteiger partial charge in [0.25, 0.3) is 10.0 Å². The fraction of sp³-hybridized carbons (Fsp3) is 0.211. The van der Waals surface area contributed by atoms with Gasteiger partial charge in [0.1, 0.15) is 17.5 Å². The molecule has 0 atom stereocenters. The van der Waals surface area contributed by atoms with Crippen molar-refractivity contribution in [3.05, 3.63) is 80.7 Å². The molecule has 2 N–H and O–H groups in total. The first kappa shape index (κ1) is 20.3. The number of nitrogens with zero attached hydrogens (tertiary/aromatic N) is 1. The molecule has 29 heavy (non-hydrogen) atoms. The van der Waals surface area contributed by atoms with Crippen LogP contribution >= 0.6 is 23.2 Å².